The molecule has 0 aliphatic heterocycles. The fourth-order valence-electron chi connectivity index (χ4n) is 1.53. The zero-order chi connectivity index (χ0) is 14.3. The molecule has 0 spiro atoms. The van der Waals surface area contributed by atoms with Crippen LogP contribution in [0.5, 0.6) is 0 Å². The normalized spacial score (nSPS) is 11.9. The van der Waals surface area contributed by atoms with Gasteiger partial charge in [0.1, 0.15) is 0 Å². The summed E-state index contributed by atoms with van der Waals surface area (Å²) in [7, 11) is 2.09. The summed E-state index contributed by atoms with van der Waals surface area (Å²) in [4.78, 5) is 6.93. The first kappa shape index (κ1) is 20.1. The number of thiophene rings is 1. The van der Waals surface area contributed by atoms with Crippen molar-refractivity contribution < 1.29 is 0 Å². The van der Waals surface area contributed by atoms with E-state index in [0.29, 0.717) is 0 Å². The third-order valence-electron chi connectivity index (χ3n) is 2.86. The Balaban J connectivity index is 0.00000361. The monoisotopic (exact) mass is 427 g/mol. The maximum atomic E-state index is 4.75. The van der Waals surface area contributed by atoms with Crippen LogP contribution in [0.2, 0.25) is 0 Å². The Bertz CT molecular complexity index is 391. The Morgan fingerprint density at radius 3 is 2.70 bits per heavy atom. The SMILES string of the molecule is CCNC(=NCC(C)(C)SC)N(C)Cc1ccsc1.I. The zero-order valence-electron chi connectivity index (χ0n) is 13.0. The van der Waals surface area contributed by atoms with E-state index in [2.05, 4.69) is 61.1 Å². The molecule has 1 heterocycles. The van der Waals surface area contributed by atoms with Crippen LogP contribution in [0.1, 0.15) is 26.3 Å². The van der Waals surface area contributed by atoms with E-state index in [1.54, 1.807) is 11.3 Å². The van der Waals surface area contributed by atoms with Gasteiger partial charge in [0.25, 0.3) is 0 Å². The van der Waals surface area contributed by atoms with Crippen molar-refractivity contribution >= 4 is 53.0 Å². The maximum Gasteiger partial charge on any atom is 0.194 e. The lowest BCUT2D eigenvalue weighted by molar-refractivity contribution is 0.476. The average Bonchev–Trinajstić information content (AvgIpc) is 2.87. The first-order valence-electron chi connectivity index (χ1n) is 6.54. The fourth-order valence-corrected chi connectivity index (χ4v) is 2.38. The van der Waals surface area contributed by atoms with Gasteiger partial charge < -0.3 is 10.2 Å². The molecule has 0 bridgehead atoms. The lowest BCUT2D eigenvalue weighted by Gasteiger charge is -2.24. The molecule has 20 heavy (non-hydrogen) atoms. The van der Waals surface area contributed by atoms with Gasteiger partial charge in [-0.25, -0.2) is 0 Å². The van der Waals surface area contributed by atoms with Crippen LogP contribution in [0.15, 0.2) is 21.8 Å². The molecule has 0 amide bonds. The van der Waals surface area contributed by atoms with Crippen LogP contribution in [-0.4, -0.2) is 42.0 Å². The van der Waals surface area contributed by atoms with E-state index in [-0.39, 0.29) is 28.7 Å². The molecule has 1 aromatic heterocycles. The Kier molecular flexibility index (Phi) is 9.92. The van der Waals surface area contributed by atoms with Gasteiger partial charge in [-0.05, 0) is 49.4 Å². The van der Waals surface area contributed by atoms with Crippen LogP contribution in [0, 0.1) is 0 Å². The zero-order valence-corrected chi connectivity index (χ0v) is 16.9. The molecule has 6 heteroatoms. The molecule has 1 N–H and O–H groups in total. The summed E-state index contributed by atoms with van der Waals surface area (Å²) in [5.41, 5.74) is 1.34. The molecule has 0 saturated carbocycles. The Morgan fingerprint density at radius 1 is 1.50 bits per heavy atom. The minimum atomic E-state index is 0. The first-order valence-corrected chi connectivity index (χ1v) is 8.71. The van der Waals surface area contributed by atoms with Crippen LogP contribution in [0.25, 0.3) is 0 Å². The van der Waals surface area contributed by atoms with Crippen molar-refractivity contribution in [2.75, 3.05) is 26.4 Å². The minimum absolute atomic E-state index is 0. The average molecular weight is 427 g/mol. The molecule has 1 rings (SSSR count). The number of hydrogen-bond acceptors (Lipinski definition) is 3. The third-order valence-corrected chi connectivity index (χ3v) is 4.82. The van der Waals surface area contributed by atoms with Crippen molar-refractivity contribution in [2.45, 2.75) is 32.1 Å². The Hall–Kier alpha value is 0.0500. The summed E-state index contributed by atoms with van der Waals surface area (Å²) in [6, 6.07) is 2.16. The van der Waals surface area contributed by atoms with Crippen molar-refractivity contribution in [1.82, 2.24) is 10.2 Å². The summed E-state index contributed by atoms with van der Waals surface area (Å²) in [5, 5.41) is 7.66. The molecule has 0 unspecified atom stereocenters. The quantitative estimate of drug-likeness (QED) is 0.424. The van der Waals surface area contributed by atoms with E-state index in [4.69, 9.17) is 4.99 Å². The maximum absolute atomic E-state index is 4.75. The third kappa shape index (κ3) is 7.17. The lowest BCUT2D eigenvalue weighted by Crippen LogP contribution is -2.39. The van der Waals surface area contributed by atoms with Gasteiger partial charge in [0.2, 0.25) is 0 Å². The number of rotatable bonds is 6. The van der Waals surface area contributed by atoms with Gasteiger partial charge >= 0.3 is 0 Å². The number of guanidine groups is 1. The molecule has 0 aliphatic rings. The van der Waals surface area contributed by atoms with Crippen LogP contribution < -0.4 is 5.32 Å². The van der Waals surface area contributed by atoms with Crippen LogP contribution in [0.4, 0.5) is 0 Å². The standard InChI is InChI=1S/C14H25N3S2.HI/c1-6-15-13(16-11-14(2,3)18-5)17(4)9-12-7-8-19-10-12;/h7-8,10H,6,9,11H2,1-5H3,(H,15,16);1H. The Morgan fingerprint density at radius 2 is 2.20 bits per heavy atom. The van der Waals surface area contributed by atoms with Crippen LogP contribution in [0.3, 0.4) is 0 Å². The minimum Gasteiger partial charge on any atom is -0.357 e. The number of thioether (sulfide) groups is 1. The number of aliphatic imine (C=N–C) groups is 1. The van der Waals surface area contributed by atoms with E-state index < -0.39 is 0 Å². The van der Waals surface area contributed by atoms with Crippen molar-refractivity contribution in [3.8, 4) is 0 Å². The highest BCUT2D eigenvalue weighted by molar-refractivity contribution is 14.0. The molecular weight excluding hydrogens is 401 g/mol. The molecule has 0 atom stereocenters. The second-order valence-corrected chi connectivity index (χ2v) is 7.42. The summed E-state index contributed by atoms with van der Waals surface area (Å²) in [6.07, 6.45) is 2.14. The van der Waals surface area contributed by atoms with Crippen molar-refractivity contribution in [3.05, 3.63) is 22.4 Å². The van der Waals surface area contributed by atoms with Crippen molar-refractivity contribution in [2.24, 2.45) is 4.99 Å². The van der Waals surface area contributed by atoms with Gasteiger partial charge in [-0.3, -0.25) is 4.99 Å². The highest BCUT2D eigenvalue weighted by Gasteiger charge is 2.16. The van der Waals surface area contributed by atoms with E-state index in [1.165, 1.54) is 5.56 Å². The summed E-state index contributed by atoms with van der Waals surface area (Å²) in [6.45, 7) is 9.17. The molecule has 116 valence electrons. The predicted molar refractivity (Wildman–Crippen MR) is 105 cm³/mol. The highest BCUT2D eigenvalue weighted by atomic mass is 127. The first-order chi connectivity index (χ1) is 8.98. The summed E-state index contributed by atoms with van der Waals surface area (Å²) in [5.74, 6) is 0.982. The molecule has 0 aromatic carbocycles. The molecule has 0 aliphatic carbocycles. The van der Waals surface area contributed by atoms with E-state index >= 15 is 0 Å². The smallest absolute Gasteiger partial charge is 0.194 e. The van der Waals surface area contributed by atoms with Gasteiger partial charge in [-0.15, -0.1) is 24.0 Å². The van der Waals surface area contributed by atoms with Crippen LogP contribution in [-0.2, 0) is 6.54 Å². The van der Waals surface area contributed by atoms with Gasteiger partial charge in [-0.2, -0.15) is 23.1 Å². The fraction of sp³-hybridized carbons (Fsp3) is 0.643. The summed E-state index contributed by atoms with van der Waals surface area (Å²) < 4.78 is 0.184. The molecular formula is C14H26IN3S2. The predicted octanol–water partition coefficient (Wildman–Crippen LogP) is 3.91. The number of halogens is 1. The largest absolute Gasteiger partial charge is 0.357 e. The highest BCUT2D eigenvalue weighted by Crippen LogP contribution is 2.21. The Labute approximate surface area is 148 Å². The summed E-state index contributed by atoms with van der Waals surface area (Å²) >= 11 is 3.59. The molecule has 1 aromatic rings. The number of nitrogens with one attached hydrogen (secondary N) is 1. The van der Waals surface area contributed by atoms with Gasteiger partial charge in [0, 0.05) is 24.9 Å². The van der Waals surface area contributed by atoms with E-state index in [1.807, 2.05) is 11.8 Å². The number of nitrogens with zero attached hydrogens (tertiary/aromatic N) is 2. The van der Waals surface area contributed by atoms with Crippen molar-refractivity contribution in [1.29, 1.82) is 0 Å². The van der Waals surface area contributed by atoms with E-state index in [0.717, 1.165) is 25.6 Å². The molecule has 0 radical (unpaired) electrons. The lowest BCUT2D eigenvalue weighted by atomic mass is 10.2. The second-order valence-electron chi connectivity index (χ2n) is 5.12. The molecule has 0 fully saturated rings. The number of hydrogen-bond donors (Lipinski definition) is 1. The molecule has 0 saturated heterocycles. The van der Waals surface area contributed by atoms with Gasteiger partial charge in [-0.1, -0.05) is 0 Å². The van der Waals surface area contributed by atoms with Gasteiger partial charge in [0.15, 0.2) is 5.96 Å². The van der Waals surface area contributed by atoms with Crippen molar-refractivity contribution in [3.63, 3.8) is 0 Å². The second kappa shape index (κ2) is 9.89. The van der Waals surface area contributed by atoms with E-state index in [9.17, 15) is 0 Å². The van der Waals surface area contributed by atoms with Crippen LogP contribution >= 0.6 is 47.1 Å². The topological polar surface area (TPSA) is 27.6 Å². The van der Waals surface area contributed by atoms with Gasteiger partial charge in [0.05, 0.1) is 6.54 Å². The molecule has 3 nitrogen and oxygen atoms in total.